The largest absolute Gasteiger partial charge is 0.497 e. The van der Waals surface area contributed by atoms with E-state index in [1.165, 1.54) is 16.4 Å². The number of para-hydroxylation sites is 1. The number of nitrogens with zero attached hydrogens (tertiary/aromatic N) is 4. The number of ether oxygens (including phenoxy) is 1. The van der Waals surface area contributed by atoms with Gasteiger partial charge in [0.1, 0.15) is 5.75 Å². The van der Waals surface area contributed by atoms with Crippen molar-refractivity contribution in [3.8, 4) is 11.4 Å². The van der Waals surface area contributed by atoms with E-state index in [-0.39, 0.29) is 11.7 Å². The molecule has 2 aromatic heterocycles. The second-order valence-electron chi connectivity index (χ2n) is 6.44. The molecule has 30 heavy (non-hydrogen) atoms. The Morgan fingerprint density at radius 3 is 3.00 bits per heavy atom. The minimum absolute atomic E-state index is 0.0878. The summed E-state index contributed by atoms with van der Waals surface area (Å²) in [6, 6.07) is 13.2. The molecular formula is C20H19ClN6O2S. The highest BCUT2D eigenvalue weighted by atomic mass is 35.5. The van der Waals surface area contributed by atoms with Crippen molar-refractivity contribution in [1.82, 2.24) is 30.5 Å². The number of tetrazole rings is 1. The average molecular weight is 443 g/mol. The molecule has 0 saturated carbocycles. The number of aromatic amines is 1. The number of fused-ring (bicyclic) bond motifs is 1. The molecule has 154 valence electrons. The molecule has 2 aromatic carbocycles. The first-order chi connectivity index (χ1) is 14.7. The van der Waals surface area contributed by atoms with Crippen LogP contribution in [-0.2, 0) is 11.2 Å². The molecule has 0 spiro atoms. The predicted molar refractivity (Wildman–Crippen MR) is 116 cm³/mol. The molecule has 0 radical (unpaired) electrons. The number of hydrogen-bond acceptors (Lipinski definition) is 6. The number of benzene rings is 2. The van der Waals surface area contributed by atoms with Gasteiger partial charge in [-0.2, -0.15) is 4.68 Å². The zero-order chi connectivity index (χ0) is 20.9. The van der Waals surface area contributed by atoms with Crippen molar-refractivity contribution in [1.29, 1.82) is 0 Å². The number of nitrogens with one attached hydrogen (secondary N) is 2. The van der Waals surface area contributed by atoms with E-state index in [2.05, 4.69) is 25.8 Å². The minimum Gasteiger partial charge on any atom is -0.497 e. The Kier molecular flexibility index (Phi) is 6.20. The number of hydrogen-bond donors (Lipinski definition) is 2. The van der Waals surface area contributed by atoms with E-state index < -0.39 is 0 Å². The van der Waals surface area contributed by atoms with Crippen LogP contribution < -0.4 is 10.1 Å². The van der Waals surface area contributed by atoms with Crippen LogP contribution in [0.3, 0.4) is 0 Å². The Morgan fingerprint density at radius 2 is 2.17 bits per heavy atom. The monoisotopic (exact) mass is 442 g/mol. The molecule has 1 amide bonds. The lowest BCUT2D eigenvalue weighted by Crippen LogP contribution is -2.27. The number of amides is 1. The normalized spacial score (nSPS) is 11.0. The van der Waals surface area contributed by atoms with Gasteiger partial charge in [0.15, 0.2) is 0 Å². The highest BCUT2D eigenvalue weighted by Crippen LogP contribution is 2.24. The van der Waals surface area contributed by atoms with Crippen molar-refractivity contribution >= 4 is 40.2 Å². The first-order valence-electron chi connectivity index (χ1n) is 9.22. The summed E-state index contributed by atoms with van der Waals surface area (Å²) in [5.74, 6) is 0.922. The predicted octanol–water partition coefficient (Wildman–Crippen LogP) is 3.26. The lowest BCUT2D eigenvalue weighted by Gasteiger charge is -2.07. The maximum atomic E-state index is 12.3. The molecule has 4 rings (SSSR count). The van der Waals surface area contributed by atoms with Crippen LogP contribution in [0.15, 0.2) is 53.8 Å². The molecule has 8 nitrogen and oxygen atoms in total. The van der Waals surface area contributed by atoms with E-state index in [0.717, 1.165) is 28.6 Å². The quantitative estimate of drug-likeness (QED) is 0.406. The summed E-state index contributed by atoms with van der Waals surface area (Å²) in [4.78, 5) is 15.5. The molecule has 4 aromatic rings. The van der Waals surface area contributed by atoms with Crippen molar-refractivity contribution in [3.63, 3.8) is 0 Å². The van der Waals surface area contributed by atoms with Crippen LogP contribution >= 0.6 is 23.4 Å². The first-order valence-corrected chi connectivity index (χ1v) is 10.6. The zero-order valence-electron chi connectivity index (χ0n) is 16.1. The molecule has 2 heterocycles. The SMILES string of the molecule is COc1ccc2c(CCNC(=O)CSc3nnnn3-c3ccccc3Cl)c[nH]c2c1. The second kappa shape index (κ2) is 9.19. The lowest BCUT2D eigenvalue weighted by atomic mass is 10.1. The van der Waals surface area contributed by atoms with Gasteiger partial charge in [-0.15, -0.1) is 5.10 Å². The second-order valence-corrected chi connectivity index (χ2v) is 7.79. The van der Waals surface area contributed by atoms with Crippen LogP contribution in [0, 0.1) is 0 Å². The summed E-state index contributed by atoms with van der Waals surface area (Å²) < 4.78 is 6.77. The topological polar surface area (TPSA) is 97.7 Å². The third-order valence-corrected chi connectivity index (χ3v) is 5.78. The van der Waals surface area contributed by atoms with Gasteiger partial charge in [0, 0.05) is 29.7 Å². The van der Waals surface area contributed by atoms with Crippen molar-refractivity contribution in [2.24, 2.45) is 0 Å². The van der Waals surface area contributed by atoms with Gasteiger partial charge in [-0.3, -0.25) is 4.79 Å². The van der Waals surface area contributed by atoms with Crippen LogP contribution in [0.1, 0.15) is 5.56 Å². The van der Waals surface area contributed by atoms with Gasteiger partial charge in [-0.05, 0) is 46.7 Å². The van der Waals surface area contributed by atoms with Gasteiger partial charge >= 0.3 is 0 Å². The molecule has 0 aliphatic carbocycles. The molecule has 2 N–H and O–H groups in total. The van der Waals surface area contributed by atoms with Crippen LogP contribution in [-0.4, -0.2) is 50.5 Å². The highest BCUT2D eigenvalue weighted by molar-refractivity contribution is 7.99. The summed E-state index contributed by atoms with van der Waals surface area (Å²) in [5.41, 5.74) is 2.82. The summed E-state index contributed by atoms with van der Waals surface area (Å²) in [6.07, 6.45) is 2.68. The molecule has 0 unspecified atom stereocenters. The molecular weight excluding hydrogens is 424 g/mol. The molecule has 0 fully saturated rings. The van der Waals surface area contributed by atoms with Crippen LogP contribution in [0.4, 0.5) is 0 Å². The number of aromatic nitrogens is 5. The van der Waals surface area contributed by atoms with E-state index >= 15 is 0 Å². The van der Waals surface area contributed by atoms with Crippen LogP contribution in [0.2, 0.25) is 5.02 Å². The average Bonchev–Trinajstić information content (AvgIpc) is 3.39. The highest BCUT2D eigenvalue weighted by Gasteiger charge is 2.13. The van der Waals surface area contributed by atoms with E-state index in [1.54, 1.807) is 13.2 Å². The fraction of sp³-hybridized carbons (Fsp3) is 0.200. The third kappa shape index (κ3) is 4.42. The maximum Gasteiger partial charge on any atom is 0.230 e. The number of thioether (sulfide) groups is 1. The van der Waals surface area contributed by atoms with Gasteiger partial charge < -0.3 is 15.0 Å². The van der Waals surface area contributed by atoms with Crippen LogP contribution in [0.5, 0.6) is 5.75 Å². The van der Waals surface area contributed by atoms with Gasteiger partial charge in [0.25, 0.3) is 0 Å². The maximum absolute atomic E-state index is 12.3. The van der Waals surface area contributed by atoms with E-state index in [4.69, 9.17) is 16.3 Å². The summed E-state index contributed by atoms with van der Waals surface area (Å²) in [5, 5.41) is 16.7. The van der Waals surface area contributed by atoms with Crippen molar-refractivity contribution in [2.75, 3.05) is 19.4 Å². The zero-order valence-corrected chi connectivity index (χ0v) is 17.7. The lowest BCUT2D eigenvalue weighted by molar-refractivity contribution is -0.118. The third-order valence-electron chi connectivity index (χ3n) is 4.54. The van der Waals surface area contributed by atoms with Crippen molar-refractivity contribution in [3.05, 3.63) is 59.2 Å². The fourth-order valence-electron chi connectivity index (χ4n) is 3.06. The standard InChI is InChI=1S/C20H19ClN6O2S/c1-29-14-6-7-15-13(11-23-17(15)10-14)8-9-22-19(28)12-30-20-24-25-26-27(20)18-5-3-2-4-16(18)21/h2-7,10-11,23H,8-9,12H2,1H3,(H,22,28). The fourth-order valence-corrected chi connectivity index (χ4v) is 3.99. The summed E-state index contributed by atoms with van der Waals surface area (Å²) >= 11 is 7.47. The Bertz CT molecular complexity index is 1180. The summed E-state index contributed by atoms with van der Waals surface area (Å²) in [6.45, 7) is 0.536. The van der Waals surface area contributed by atoms with E-state index in [1.807, 2.05) is 42.6 Å². The molecule has 10 heteroatoms. The van der Waals surface area contributed by atoms with Gasteiger partial charge in [-0.1, -0.05) is 35.5 Å². The van der Waals surface area contributed by atoms with Crippen LogP contribution in [0.25, 0.3) is 16.6 Å². The van der Waals surface area contributed by atoms with E-state index in [0.29, 0.717) is 22.4 Å². The van der Waals surface area contributed by atoms with Gasteiger partial charge in [0.05, 0.1) is 23.6 Å². The molecule has 0 bridgehead atoms. The van der Waals surface area contributed by atoms with Gasteiger partial charge in [0.2, 0.25) is 11.1 Å². The first kappa shape index (κ1) is 20.2. The number of methoxy groups -OCH3 is 1. The van der Waals surface area contributed by atoms with Crippen molar-refractivity contribution < 1.29 is 9.53 Å². The Labute approximate surface area is 181 Å². The molecule has 0 aliphatic rings. The minimum atomic E-state index is -0.0878. The summed E-state index contributed by atoms with van der Waals surface area (Å²) in [7, 11) is 1.64. The number of carbonyl (C=O) groups excluding carboxylic acids is 1. The van der Waals surface area contributed by atoms with Crippen molar-refractivity contribution in [2.45, 2.75) is 11.6 Å². The Balaban J connectivity index is 1.31. The molecule has 0 atom stereocenters. The Hall–Kier alpha value is -3.04. The molecule has 0 saturated heterocycles. The molecule has 0 aliphatic heterocycles. The number of carbonyl (C=O) groups is 1. The smallest absolute Gasteiger partial charge is 0.230 e. The number of halogens is 1. The van der Waals surface area contributed by atoms with E-state index in [9.17, 15) is 4.79 Å². The number of rotatable bonds is 8. The Morgan fingerprint density at radius 1 is 1.30 bits per heavy atom. The number of H-pyrrole nitrogens is 1. The van der Waals surface area contributed by atoms with Gasteiger partial charge in [-0.25, -0.2) is 0 Å².